The van der Waals surface area contributed by atoms with E-state index in [1.54, 1.807) is 12.1 Å². The van der Waals surface area contributed by atoms with E-state index in [1.165, 1.54) is 17.4 Å². The second kappa shape index (κ2) is 3.72. The van der Waals surface area contributed by atoms with Gasteiger partial charge in [0, 0.05) is 15.2 Å². The first-order chi connectivity index (χ1) is 6.58. The fourth-order valence-electron chi connectivity index (χ4n) is 1.30. The van der Waals surface area contributed by atoms with Gasteiger partial charge in [-0.15, -0.1) is 11.3 Å². The van der Waals surface area contributed by atoms with Crippen molar-refractivity contribution in [1.82, 2.24) is 0 Å². The van der Waals surface area contributed by atoms with Gasteiger partial charge in [-0.2, -0.15) is 0 Å². The summed E-state index contributed by atoms with van der Waals surface area (Å²) < 4.78 is 1.36. The molecule has 0 aliphatic carbocycles. The van der Waals surface area contributed by atoms with Gasteiger partial charge in [-0.25, -0.2) is 0 Å². The summed E-state index contributed by atoms with van der Waals surface area (Å²) in [7, 11) is -1.52. The monoisotopic (exact) mass is 246 g/mol. The molecule has 0 saturated carbocycles. The Morgan fingerprint density at radius 1 is 1.14 bits per heavy atom. The van der Waals surface area contributed by atoms with Crippen molar-refractivity contribution in [3.8, 4) is 0 Å². The minimum atomic E-state index is -1.52. The molecule has 6 heteroatoms. The maximum absolute atomic E-state index is 9.12. The third-order valence-corrected chi connectivity index (χ3v) is 3.41. The number of hydrogen-bond donors (Lipinski definition) is 2. The summed E-state index contributed by atoms with van der Waals surface area (Å²) >= 11 is 12.9. The Morgan fingerprint density at radius 3 is 2.50 bits per heavy atom. The second-order valence-corrected chi connectivity index (χ2v) is 4.96. The van der Waals surface area contributed by atoms with Gasteiger partial charge in [0.25, 0.3) is 0 Å². The quantitative estimate of drug-likeness (QED) is 0.755. The zero-order valence-electron chi connectivity index (χ0n) is 6.87. The molecule has 1 aromatic heterocycles. The van der Waals surface area contributed by atoms with E-state index in [0.29, 0.717) is 14.8 Å². The van der Waals surface area contributed by atoms with Crippen molar-refractivity contribution in [3.63, 3.8) is 0 Å². The predicted molar refractivity (Wildman–Crippen MR) is 61.7 cm³/mol. The molecule has 0 unspecified atom stereocenters. The van der Waals surface area contributed by atoms with E-state index >= 15 is 0 Å². The number of hydrogen-bond acceptors (Lipinski definition) is 3. The van der Waals surface area contributed by atoms with Crippen molar-refractivity contribution in [3.05, 3.63) is 27.6 Å². The van der Waals surface area contributed by atoms with E-state index in [1.807, 2.05) is 0 Å². The Kier molecular flexibility index (Phi) is 2.73. The van der Waals surface area contributed by atoms with E-state index in [9.17, 15) is 0 Å². The summed E-state index contributed by atoms with van der Waals surface area (Å²) in [6.45, 7) is 0. The van der Waals surface area contributed by atoms with Gasteiger partial charge in [-0.1, -0.05) is 23.2 Å². The lowest BCUT2D eigenvalue weighted by atomic mass is 9.80. The van der Waals surface area contributed by atoms with Crippen LogP contribution in [-0.2, 0) is 0 Å². The molecule has 0 atom stereocenters. The smallest absolute Gasteiger partial charge is 0.423 e. The fraction of sp³-hybridized carbons (Fsp3) is 0. The molecule has 0 saturated heterocycles. The zero-order valence-corrected chi connectivity index (χ0v) is 9.20. The third-order valence-electron chi connectivity index (χ3n) is 1.86. The molecule has 0 aliphatic heterocycles. The van der Waals surface area contributed by atoms with E-state index in [4.69, 9.17) is 33.2 Å². The summed E-state index contributed by atoms with van der Waals surface area (Å²) in [5.74, 6) is 0. The molecular formula is C8H5BCl2O2S. The van der Waals surface area contributed by atoms with Crippen molar-refractivity contribution in [2.45, 2.75) is 0 Å². The van der Waals surface area contributed by atoms with Gasteiger partial charge in [0.15, 0.2) is 0 Å². The first-order valence-corrected chi connectivity index (χ1v) is 5.40. The van der Waals surface area contributed by atoms with Crippen LogP contribution in [0.15, 0.2) is 18.2 Å². The van der Waals surface area contributed by atoms with Crippen LogP contribution in [0.2, 0.25) is 9.36 Å². The van der Waals surface area contributed by atoms with Gasteiger partial charge in [0.2, 0.25) is 0 Å². The summed E-state index contributed by atoms with van der Waals surface area (Å²) in [6, 6.07) is 5.02. The Morgan fingerprint density at radius 2 is 1.86 bits per heavy atom. The van der Waals surface area contributed by atoms with E-state index in [0.717, 1.165) is 10.1 Å². The molecule has 1 aromatic carbocycles. The maximum Gasteiger partial charge on any atom is 0.489 e. The molecule has 0 amide bonds. The standard InChI is InChI=1S/C8H5BCl2O2S/c10-5-1-4-2-7(11)14-8(4)6(3-5)9(12)13/h1-3,12-13H. The molecule has 2 aromatic rings. The predicted octanol–water partition coefficient (Wildman–Crippen LogP) is 1.89. The average molecular weight is 247 g/mol. The van der Waals surface area contributed by atoms with Crippen LogP contribution in [0.5, 0.6) is 0 Å². The Balaban J connectivity index is 2.79. The molecule has 1 heterocycles. The van der Waals surface area contributed by atoms with Gasteiger partial charge >= 0.3 is 7.12 Å². The maximum atomic E-state index is 9.12. The van der Waals surface area contributed by atoms with Gasteiger partial charge < -0.3 is 10.0 Å². The second-order valence-electron chi connectivity index (χ2n) is 2.84. The van der Waals surface area contributed by atoms with Crippen LogP contribution < -0.4 is 5.46 Å². The van der Waals surface area contributed by atoms with Crippen LogP contribution in [0.25, 0.3) is 10.1 Å². The third kappa shape index (κ3) is 1.76. The van der Waals surface area contributed by atoms with Crippen molar-refractivity contribution >= 4 is 57.2 Å². The highest BCUT2D eigenvalue weighted by Gasteiger charge is 2.17. The molecule has 2 rings (SSSR count). The van der Waals surface area contributed by atoms with Gasteiger partial charge in [-0.05, 0) is 23.6 Å². The Bertz CT molecular complexity index is 483. The highest BCUT2D eigenvalue weighted by Crippen LogP contribution is 2.30. The van der Waals surface area contributed by atoms with Crippen LogP contribution >= 0.6 is 34.5 Å². The summed E-state index contributed by atoms with van der Waals surface area (Å²) in [5.41, 5.74) is 0.393. The number of rotatable bonds is 1. The largest absolute Gasteiger partial charge is 0.489 e. The van der Waals surface area contributed by atoms with Crippen LogP contribution in [-0.4, -0.2) is 17.2 Å². The van der Waals surface area contributed by atoms with Crippen LogP contribution in [0, 0.1) is 0 Å². The van der Waals surface area contributed by atoms with Crippen LogP contribution in [0.4, 0.5) is 0 Å². The lowest BCUT2D eigenvalue weighted by molar-refractivity contribution is 0.426. The van der Waals surface area contributed by atoms with E-state index < -0.39 is 7.12 Å². The minimum Gasteiger partial charge on any atom is -0.423 e. The highest BCUT2D eigenvalue weighted by molar-refractivity contribution is 7.24. The Labute approximate surface area is 94.8 Å². The molecule has 72 valence electrons. The van der Waals surface area contributed by atoms with E-state index in [2.05, 4.69) is 0 Å². The molecule has 2 nitrogen and oxygen atoms in total. The minimum absolute atomic E-state index is 0.393. The normalized spacial score (nSPS) is 10.9. The number of halogens is 2. The molecule has 0 spiro atoms. The summed E-state index contributed by atoms with van der Waals surface area (Å²) in [6.07, 6.45) is 0. The fourth-order valence-corrected chi connectivity index (χ4v) is 2.79. The lowest BCUT2D eigenvalue weighted by Gasteiger charge is -2.01. The average Bonchev–Trinajstić information content (AvgIpc) is 2.42. The molecular weight excluding hydrogens is 242 g/mol. The van der Waals surface area contributed by atoms with Crippen LogP contribution in [0.3, 0.4) is 0 Å². The first-order valence-electron chi connectivity index (χ1n) is 3.82. The number of benzene rings is 1. The van der Waals surface area contributed by atoms with Crippen molar-refractivity contribution in [2.24, 2.45) is 0 Å². The SMILES string of the molecule is OB(O)c1cc(Cl)cc2cc(Cl)sc12. The van der Waals surface area contributed by atoms with Gasteiger partial charge in [0.05, 0.1) is 4.34 Å². The van der Waals surface area contributed by atoms with Crippen molar-refractivity contribution < 1.29 is 10.0 Å². The van der Waals surface area contributed by atoms with Gasteiger partial charge in [-0.3, -0.25) is 0 Å². The molecule has 14 heavy (non-hydrogen) atoms. The van der Waals surface area contributed by atoms with Gasteiger partial charge in [0.1, 0.15) is 0 Å². The highest BCUT2D eigenvalue weighted by atomic mass is 35.5. The van der Waals surface area contributed by atoms with Crippen molar-refractivity contribution in [2.75, 3.05) is 0 Å². The molecule has 0 radical (unpaired) electrons. The molecule has 0 fully saturated rings. The molecule has 0 bridgehead atoms. The zero-order chi connectivity index (χ0) is 10.3. The number of thiophene rings is 1. The summed E-state index contributed by atoms with van der Waals surface area (Å²) in [5, 5.41) is 19.5. The number of fused-ring (bicyclic) bond motifs is 1. The first kappa shape index (κ1) is 10.3. The lowest BCUT2D eigenvalue weighted by Crippen LogP contribution is -2.29. The summed E-state index contributed by atoms with van der Waals surface area (Å²) in [4.78, 5) is 0. The van der Waals surface area contributed by atoms with Crippen LogP contribution in [0.1, 0.15) is 0 Å². The van der Waals surface area contributed by atoms with E-state index in [-0.39, 0.29) is 0 Å². The molecule has 0 aliphatic rings. The topological polar surface area (TPSA) is 40.5 Å². The molecule has 2 N–H and O–H groups in total. The Hall–Kier alpha value is -0.255. The van der Waals surface area contributed by atoms with Crippen molar-refractivity contribution in [1.29, 1.82) is 0 Å².